The molecule has 0 bridgehead atoms. The number of carbonyl (C=O) groups is 1. The van der Waals surface area contributed by atoms with E-state index in [0.717, 1.165) is 62.5 Å². The number of rotatable bonds is 6. The lowest BCUT2D eigenvalue weighted by atomic mass is 9.90. The number of piperidine rings is 1. The molecule has 4 rings (SSSR count). The van der Waals surface area contributed by atoms with Crippen molar-refractivity contribution in [2.24, 2.45) is 5.92 Å². The van der Waals surface area contributed by atoms with E-state index in [1.165, 1.54) is 18.4 Å². The fourth-order valence-electron chi connectivity index (χ4n) is 4.49. The molecule has 0 atom stereocenters. The Morgan fingerprint density at radius 1 is 1.17 bits per heavy atom. The van der Waals surface area contributed by atoms with Crippen LogP contribution in [0.1, 0.15) is 60.4 Å². The van der Waals surface area contributed by atoms with Crippen LogP contribution in [0.15, 0.2) is 24.4 Å². The van der Waals surface area contributed by atoms with Gasteiger partial charge in [0.15, 0.2) is 11.5 Å². The van der Waals surface area contributed by atoms with Gasteiger partial charge in [0.25, 0.3) is 5.91 Å². The minimum absolute atomic E-state index is 0.0319. The van der Waals surface area contributed by atoms with Gasteiger partial charge in [-0.3, -0.25) is 4.79 Å². The smallest absolute Gasteiger partial charge is 0.274 e. The van der Waals surface area contributed by atoms with Gasteiger partial charge in [0.1, 0.15) is 11.5 Å². The molecule has 0 spiro atoms. The predicted octanol–water partition coefficient (Wildman–Crippen LogP) is 4.14. The molecule has 1 aromatic carbocycles. The summed E-state index contributed by atoms with van der Waals surface area (Å²) in [5.74, 6) is 3.07. The van der Waals surface area contributed by atoms with E-state index in [4.69, 9.17) is 9.47 Å². The topological polar surface area (TPSA) is 67.5 Å². The fourth-order valence-corrected chi connectivity index (χ4v) is 4.49. The molecule has 2 aromatic rings. The number of H-pyrrole nitrogens is 1. The third kappa shape index (κ3) is 4.74. The van der Waals surface area contributed by atoms with Crippen LogP contribution in [-0.4, -0.2) is 47.1 Å². The Labute approximate surface area is 172 Å². The van der Waals surface area contributed by atoms with E-state index in [1.54, 1.807) is 13.3 Å². The molecular formula is C23H31N3O3. The quantitative estimate of drug-likeness (QED) is 0.795. The Bertz CT molecular complexity index is 834. The van der Waals surface area contributed by atoms with Crippen LogP contribution in [0.4, 0.5) is 0 Å². The van der Waals surface area contributed by atoms with Gasteiger partial charge in [0.05, 0.1) is 13.2 Å². The summed E-state index contributed by atoms with van der Waals surface area (Å²) in [5, 5.41) is 0. The molecule has 0 unspecified atom stereocenters. The van der Waals surface area contributed by atoms with Crippen molar-refractivity contribution in [2.75, 3.05) is 20.2 Å². The van der Waals surface area contributed by atoms with Crippen LogP contribution >= 0.6 is 0 Å². The number of aromatic nitrogens is 2. The second-order valence-corrected chi connectivity index (χ2v) is 8.32. The van der Waals surface area contributed by atoms with Crippen LogP contribution in [0.5, 0.6) is 11.5 Å². The number of ether oxygens (including phenoxy) is 2. The maximum atomic E-state index is 12.6. The van der Waals surface area contributed by atoms with Crippen LogP contribution < -0.4 is 9.47 Å². The van der Waals surface area contributed by atoms with Crippen molar-refractivity contribution in [3.05, 3.63) is 41.5 Å². The average molecular weight is 398 g/mol. The third-order valence-corrected chi connectivity index (χ3v) is 6.18. The number of amides is 1. The lowest BCUT2D eigenvalue weighted by Crippen LogP contribution is -2.39. The van der Waals surface area contributed by atoms with Gasteiger partial charge >= 0.3 is 0 Å². The molecule has 1 saturated carbocycles. The monoisotopic (exact) mass is 397 g/mol. The van der Waals surface area contributed by atoms with Gasteiger partial charge in [0, 0.05) is 19.3 Å². The van der Waals surface area contributed by atoms with Gasteiger partial charge in [-0.2, -0.15) is 0 Å². The molecule has 2 aliphatic rings. The number of hydrogen-bond acceptors (Lipinski definition) is 4. The van der Waals surface area contributed by atoms with Gasteiger partial charge in [-0.25, -0.2) is 4.98 Å². The lowest BCUT2D eigenvalue weighted by Gasteiger charge is -2.31. The molecular weight excluding hydrogens is 366 g/mol. The van der Waals surface area contributed by atoms with Crippen LogP contribution in [0.3, 0.4) is 0 Å². The first kappa shape index (κ1) is 19.8. The van der Waals surface area contributed by atoms with Crippen molar-refractivity contribution >= 4 is 5.91 Å². The zero-order valence-corrected chi connectivity index (χ0v) is 17.4. The summed E-state index contributed by atoms with van der Waals surface area (Å²) in [7, 11) is 1.70. The first-order valence-electron chi connectivity index (χ1n) is 10.8. The number of hydrogen-bond donors (Lipinski definition) is 1. The van der Waals surface area contributed by atoms with E-state index in [0.29, 0.717) is 17.7 Å². The largest absolute Gasteiger partial charge is 0.493 e. The fraction of sp³-hybridized carbons (Fsp3) is 0.565. The van der Waals surface area contributed by atoms with E-state index in [2.05, 4.69) is 22.1 Å². The molecule has 1 aliphatic carbocycles. The molecule has 1 N–H and O–H groups in total. The van der Waals surface area contributed by atoms with E-state index >= 15 is 0 Å². The number of aromatic amines is 1. The molecule has 2 fully saturated rings. The standard InChI is InChI=1S/C23H31N3O3/c1-16-24-15-20(25-16)23(27)26-11-9-17(10-12-26)13-18-7-8-21(28-2)22(14-18)29-19-5-3-4-6-19/h7-8,14-15,17,19H,3-6,9-13H2,1-2H3,(H,24,25). The van der Waals surface area contributed by atoms with Gasteiger partial charge in [-0.05, 0) is 75.5 Å². The minimum Gasteiger partial charge on any atom is -0.493 e. The number of carbonyl (C=O) groups excluding carboxylic acids is 1. The zero-order valence-electron chi connectivity index (χ0n) is 17.4. The average Bonchev–Trinajstić information content (AvgIpc) is 3.40. The van der Waals surface area contributed by atoms with E-state index in [-0.39, 0.29) is 5.91 Å². The molecule has 29 heavy (non-hydrogen) atoms. The number of nitrogens with zero attached hydrogens (tertiary/aromatic N) is 2. The zero-order chi connectivity index (χ0) is 20.2. The minimum atomic E-state index is 0.0319. The summed E-state index contributed by atoms with van der Waals surface area (Å²) in [6.07, 6.45) is 9.83. The predicted molar refractivity (Wildman–Crippen MR) is 112 cm³/mol. The van der Waals surface area contributed by atoms with Crippen LogP contribution in [0.25, 0.3) is 0 Å². The molecule has 6 nitrogen and oxygen atoms in total. The first-order valence-corrected chi connectivity index (χ1v) is 10.8. The lowest BCUT2D eigenvalue weighted by molar-refractivity contribution is 0.0685. The summed E-state index contributed by atoms with van der Waals surface area (Å²) >= 11 is 0. The van der Waals surface area contributed by atoms with Gasteiger partial charge in [-0.15, -0.1) is 0 Å². The van der Waals surface area contributed by atoms with Crippen molar-refractivity contribution in [2.45, 2.75) is 58.0 Å². The Morgan fingerprint density at radius 3 is 2.59 bits per heavy atom. The number of likely N-dealkylation sites (tertiary alicyclic amines) is 1. The number of methoxy groups -OCH3 is 1. The summed E-state index contributed by atoms with van der Waals surface area (Å²) in [6, 6.07) is 6.32. The van der Waals surface area contributed by atoms with Crippen molar-refractivity contribution in [1.82, 2.24) is 14.9 Å². The van der Waals surface area contributed by atoms with Crippen molar-refractivity contribution in [3.63, 3.8) is 0 Å². The Balaban J connectivity index is 1.34. The maximum absolute atomic E-state index is 12.6. The van der Waals surface area contributed by atoms with Gasteiger partial charge in [0.2, 0.25) is 0 Å². The molecule has 1 aliphatic heterocycles. The number of benzene rings is 1. The first-order chi connectivity index (χ1) is 14.1. The highest BCUT2D eigenvalue weighted by Gasteiger charge is 2.25. The molecule has 1 saturated heterocycles. The summed E-state index contributed by atoms with van der Waals surface area (Å²) in [6.45, 7) is 3.44. The summed E-state index contributed by atoms with van der Waals surface area (Å²) < 4.78 is 11.7. The number of aryl methyl sites for hydroxylation is 1. The summed E-state index contributed by atoms with van der Waals surface area (Å²) in [4.78, 5) is 21.8. The van der Waals surface area contributed by atoms with Crippen molar-refractivity contribution in [3.8, 4) is 11.5 Å². The van der Waals surface area contributed by atoms with Crippen LogP contribution in [0.2, 0.25) is 0 Å². The number of imidazole rings is 1. The molecule has 156 valence electrons. The van der Waals surface area contributed by atoms with Crippen LogP contribution in [0, 0.1) is 12.8 Å². The Kier molecular flexibility index (Phi) is 6.07. The highest BCUT2D eigenvalue weighted by atomic mass is 16.5. The van der Waals surface area contributed by atoms with E-state index in [1.807, 2.05) is 17.9 Å². The Morgan fingerprint density at radius 2 is 1.93 bits per heavy atom. The molecule has 1 amide bonds. The highest BCUT2D eigenvalue weighted by Crippen LogP contribution is 2.34. The second-order valence-electron chi connectivity index (χ2n) is 8.32. The summed E-state index contributed by atoms with van der Waals surface area (Å²) in [5.41, 5.74) is 1.80. The second kappa shape index (κ2) is 8.89. The highest BCUT2D eigenvalue weighted by molar-refractivity contribution is 5.92. The van der Waals surface area contributed by atoms with Crippen molar-refractivity contribution < 1.29 is 14.3 Å². The molecule has 2 heterocycles. The molecule has 6 heteroatoms. The molecule has 0 radical (unpaired) electrons. The van der Waals surface area contributed by atoms with Crippen LogP contribution in [-0.2, 0) is 6.42 Å². The number of nitrogens with one attached hydrogen (secondary N) is 1. The molecule has 1 aromatic heterocycles. The van der Waals surface area contributed by atoms with E-state index in [9.17, 15) is 4.79 Å². The van der Waals surface area contributed by atoms with E-state index < -0.39 is 0 Å². The van der Waals surface area contributed by atoms with Gasteiger partial charge in [-0.1, -0.05) is 6.07 Å². The normalized spacial score (nSPS) is 18.2. The van der Waals surface area contributed by atoms with Crippen molar-refractivity contribution in [1.29, 1.82) is 0 Å². The van der Waals surface area contributed by atoms with Gasteiger partial charge < -0.3 is 19.4 Å². The SMILES string of the molecule is COc1ccc(CC2CCN(C(=O)c3c[nH]c(C)n3)CC2)cc1OC1CCCC1. The Hall–Kier alpha value is -2.50. The third-order valence-electron chi connectivity index (χ3n) is 6.18. The maximum Gasteiger partial charge on any atom is 0.274 e.